The van der Waals surface area contributed by atoms with Crippen molar-refractivity contribution >= 4 is 22.9 Å². The lowest BCUT2D eigenvalue weighted by Crippen LogP contribution is -2.29. The molecule has 1 rings (SSSR count). The zero-order valence-electron chi connectivity index (χ0n) is 7.20. The Morgan fingerprint density at radius 3 is 2.77 bits per heavy atom. The normalized spacial score (nSPS) is 15.7. The van der Waals surface area contributed by atoms with E-state index < -0.39 is 12.2 Å². The molecule has 0 aliphatic rings. The molecule has 0 saturated heterocycles. The van der Waals surface area contributed by atoms with Crippen LogP contribution in [0.25, 0.3) is 0 Å². The van der Waals surface area contributed by atoms with Gasteiger partial charge in [0.2, 0.25) is 0 Å². The quantitative estimate of drug-likeness (QED) is 0.712. The summed E-state index contributed by atoms with van der Waals surface area (Å²) in [5.41, 5.74) is 0. The third-order valence-electron chi connectivity index (χ3n) is 1.69. The van der Waals surface area contributed by atoms with E-state index in [0.29, 0.717) is 16.4 Å². The smallest absolute Gasteiger partial charge is 0.117 e. The third-order valence-corrected chi connectivity index (χ3v) is 3.12. The van der Waals surface area contributed by atoms with E-state index in [1.165, 1.54) is 11.3 Å². The van der Waals surface area contributed by atoms with E-state index >= 15 is 0 Å². The van der Waals surface area contributed by atoms with Crippen molar-refractivity contribution in [2.45, 2.75) is 12.2 Å². The van der Waals surface area contributed by atoms with Crippen LogP contribution in [0.5, 0.6) is 0 Å². The summed E-state index contributed by atoms with van der Waals surface area (Å²) in [6, 6.07) is 1.71. The molecule has 0 aliphatic heterocycles. The van der Waals surface area contributed by atoms with E-state index in [2.05, 4.69) is 5.32 Å². The largest absolute Gasteiger partial charge is 0.389 e. The molecular formula is C8H12ClNO2S. The van der Waals surface area contributed by atoms with Gasteiger partial charge >= 0.3 is 0 Å². The number of halogens is 1. The van der Waals surface area contributed by atoms with E-state index in [9.17, 15) is 10.2 Å². The van der Waals surface area contributed by atoms with Gasteiger partial charge in [-0.1, -0.05) is 11.6 Å². The molecule has 2 atom stereocenters. The van der Waals surface area contributed by atoms with Gasteiger partial charge in [0.25, 0.3) is 0 Å². The zero-order chi connectivity index (χ0) is 9.84. The van der Waals surface area contributed by atoms with E-state index in [4.69, 9.17) is 11.6 Å². The lowest BCUT2D eigenvalue weighted by molar-refractivity contribution is 0.0224. The second kappa shape index (κ2) is 4.93. The summed E-state index contributed by atoms with van der Waals surface area (Å²) in [6.45, 7) is 0.343. The molecule has 74 valence electrons. The Morgan fingerprint density at radius 1 is 1.62 bits per heavy atom. The molecule has 0 amide bonds. The zero-order valence-corrected chi connectivity index (χ0v) is 8.77. The van der Waals surface area contributed by atoms with Crippen molar-refractivity contribution in [3.63, 3.8) is 0 Å². The van der Waals surface area contributed by atoms with Gasteiger partial charge in [-0.3, -0.25) is 0 Å². The fraction of sp³-hybridized carbons (Fsp3) is 0.500. The maximum absolute atomic E-state index is 9.63. The summed E-state index contributed by atoms with van der Waals surface area (Å²) in [7, 11) is 1.71. The molecule has 3 N–H and O–H groups in total. The van der Waals surface area contributed by atoms with Crippen LogP contribution in [-0.2, 0) is 0 Å². The van der Waals surface area contributed by atoms with Crippen LogP contribution in [0.1, 0.15) is 11.0 Å². The predicted molar refractivity (Wildman–Crippen MR) is 54.2 cm³/mol. The number of aliphatic hydroxyl groups excluding tert-OH is 2. The molecule has 0 spiro atoms. The molecule has 1 aromatic heterocycles. The van der Waals surface area contributed by atoms with Crippen LogP contribution in [0.3, 0.4) is 0 Å². The highest BCUT2D eigenvalue weighted by molar-refractivity contribution is 7.10. The first-order chi connectivity index (χ1) is 6.16. The highest BCUT2D eigenvalue weighted by Gasteiger charge is 2.20. The molecule has 1 heterocycles. The second-order valence-electron chi connectivity index (χ2n) is 2.70. The summed E-state index contributed by atoms with van der Waals surface area (Å²) in [5.74, 6) is 0. The van der Waals surface area contributed by atoms with Gasteiger partial charge in [0, 0.05) is 6.54 Å². The summed E-state index contributed by atoms with van der Waals surface area (Å²) >= 11 is 7.14. The van der Waals surface area contributed by atoms with Gasteiger partial charge in [0.05, 0.1) is 16.0 Å². The molecule has 0 aromatic carbocycles. The minimum atomic E-state index is -0.903. The van der Waals surface area contributed by atoms with Gasteiger partial charge < -0.3 is 15.5 Å². The lowest BCUT2D eigenvalue weighted by Gasteiger charge is -2.16. The molecule has 1 aromatic rings. The summed E-state index contributed by atoms with van der Waals surface area (Å²) < 4.78 is 0. The topological polar surface area (TPSA) is 52.5 Å². The Morgan fingerprint density at radius 2 is 2.31 bits per heavy atom. The van der Waals surface area contributed by atoms with Gasteiger partial charge in [-0.15, -0.1) is 11.3 Å². The van der Waals surface area contributed by atoms with Crippen molar-refractivity contribution in [2.75, 3.05) is 13.6 Å². The van der Waals surface area contributed by atoms with Crippen molar-refractivity contribution in [3.05, 3.63) is 21.3 Å². The monoisotopic (exact) mass is 221 g/mol. The van der Waals surface area contributed by atoms with Crippen LogP contribution in [-0.4, -0.2) is 29.9 Å². The number of rotatable bonds is 4. The number of nitrogens with one attached hydrogen (secondary N) is 1. The van der Waals surface area contributed by atoms with Crippen molar-refractivity contribution in [2.24, 2.45) is 0 Å². The van der Waals surface area contributed by atoms with Gasteiger partial charge in [-0.2, -0.15) is 0 Å². The number of hydrogen-bond donors (Lipinski definition) is 3. The van der Waals surface area contributed by atoms with Crippen LogP contribution < -0.4 is 5.32 Å². The average molecular weight is 222 g/mol. The van der Waals surface area contributed by atoms with E-state index in [0.717, 1.165) is 0 Å². The average Bonchev–Trinajstić information content (AvgIpc) is 2.50. The third kappa shape index (κ3) is 2.65. The predicted octanol–water partition coefficient (Wildman–Crippen LogP) is 1.02. The molecule has 0 saturated carbocycles. The molecule has 13 heavy (non-hydrogen) atoms. The number of aliphatic hydroxyl groups is 2. The number of hydrogen-bond acceptors (Lipinski definition) is 4. The van der Waals surface area contributed by atoms with Gasteiger partial charge in [0.15, 0.2) is 0 Å². The van der Waals surface area contributed by atoms with E-state index in [-0.39, 0.29) is 0 Å². The Hall–Kier alpha value is -0.130. The van der Waals surface area contributed by atoms with Gasteiger partial charge in [-0.25, -0.2) is 0 Å². The van der Waals surface area contributed by atoms with Gasteiger partial charge in [-0.05, 0) is 18.5 Å². The Kier molecular flexibility index (Phi) is 4.15. The minimum absolute atomic E-state index is 0.343. The highest BCUT2D eigenvalue weighted by atomic mass is 35.5. The van der Waals surface area contributed by atoms with Crippen LogP contribution in [0.4, 0.5) is 0 Å². The Labute approximate surface area is 86.0 Å². The van der Waals surface area contributed by atoms with Crippen LogP contribution in [0.2, 0.25) is 5.02 Å². The van der Waals surface area contributed by atoms with Crippen molar-refractivity contribution in [1.82, 2.24) is 5.32 Å². The minimum Gasteiger partial charge on any atom is -0.389 e. The van der Waals surface area contributed by atoms with E-state index in [1.807, 2.05) is 0 Å². The highest BCUT2D eigenvalue weighted by Crippen LogP contribution is 2.30. The first-order valence-electron chi connectivity index (χ1n) is 3.90. The first-order valence-corrected chi connectivity index (χ1v) is 5.16. The molecule has 0 aliphatic carbocycles. The molecule has 5 heteroatoms. The Balaban J connectivity index is 2.67. The summed E-state index contributed by atoms with van der Waals surface area (Å²) in [5, 5.41) is 24.1. The second-order valence-corrected chi connectivity index (χ2v) is 4.06. The van der Waals surface area contributed by atoms with Crippen molar-refractivity contribution < 1.29 is 10.2 Å². The molecule has 0 bridgehead atoms. The standard InChI is InChI=1S/C8H12ClNO2S/c1-10-4-6(11)7(12)8-5(9)2-3-13-8/h2-3,6-7,10-12H,4H2,1H3. The van der Waals surface area contributed by atoms with Crippen LogP contribution in [0, 0.1) is 0 Å². The van der Waals surface area contributed by atoms with Crippen LogP contribution in [0.15, 0.2) is 11.4 Å². The van der Waals surface area contributed by atoms with E-state index in [1.54, 1.807) is 18.5 Å². The summed E-state index contributed by atoms with van der Waals surface area (Å²) in [6.07, 6.45) is -1.72. The fourth-order valence-corrected chi connectivity index (χ4v) is 2.22. The van der Waals surface area contributed by atoms with Gasteiger partial charge in [0.1, 0.15) is 6.10 Å². The molecule has 2 unspecified atom stereocenters. The maximum Gasteiger partial charge on any atom is 0.117 e. The molecule has 0 radical (unpaired) electrons. The van der Waals surface area contributed by atoms with Crippen molar-refractivity contribution in [1.29, 1.82) is 0 Å². The van der Waals surface area contributed by atoms with Crippen LogP contribution >= 0.6 is 22.9 Å². The number of likely N-dealkylation sites (N-methyl/N-ethyl adjacent to an activating group) is 1. The summed E-state index contributed by atoms with van der Waals surface area (Å²) in [4.78, 5) is 0.615. The molecular weight excluding hydrogens is 210 g/mol. The molecule has 0 fully saturated rings. The van der Waals surface area contributed by atoms with Crippen molar-refractivity contribution in [3.8, 4) is 0 Å². The lowest BCUT2D eigenvalue weighted by atomic mass is 10.2. The fourth-order valence-electron chi connectivity index (χ4n) is 1.01. The molecule has 3 nitrogen and oxygen atoms in total. The maximum atomic E-state index is 9.63. The SMILES string of the molecule is CNCC(O)C(O)c1sccc1Cl. The Bertz CT molecular complexity index is 266. The number of thiophene rings is 1. The first kappa shape index (κ1) is 10.9.